The molecule has 1 amide bonds. The molecule has 4 heteroatoms. The van der Waals surface area contributed by atoms with Crippen molar-refractivity contribution < 1.29 is 9.90 Å². The molecule has 0 spiro atoms. The van der Waals surface area contributed by atoms with Crippen LogP contribution >= 0.6 is 0 Å². The zero-order valence-electron chi connectivity index (χ0n) is 10.4. The van der Waals surface area contributed by atoms with E-state index in [1.807, 2.05) is 20.8 Å². The molecule has 0 heterocycles. The van der Waals surface area contributed by atoms with Crippen molar-refractivity contribution in [3.05, 3.63) is 0 Å². The van der Waals surface area contributed by atoms with Crippen LogP contribution in [-0.4, -0.2) is 35.2 Å². The van der Waals surface area contributed by atoms with E-state index < -0.39 is 11.6 Å². The summed E-state index contributed by atoms with van der Waals surface area (Å²) in [5.74, 6) is -0.0226. The minimum absolute atomic E-state index is 0.0226. The number of hydrogen-bond donors (Lipinski definition) is 3. The Kier molecular flexibility index (Phi) is 5.83. The summed E-state index contributed by atoms with van der Waals surface area (Å²) in [6.45, 7) is 9.97. The second kappa shape index (κ2) is 6.08. The van der Waals surface area contributed by atoms with Gasteiger partial charge in [-0.2, -0.15) is 0 Å². The SMILES string of the molecule is CCCNC(=O)C(C)NC(C)(C)C(C)O. The highest BCUT2D eigenvalue weighted by molar-refractivity contribution is 5.81. The zero-order chi connectivity index (χ0) is 12.1. The van der Waals surface area contributed by atoms with Crippen LogP contribution in [0.3, 0.4) is 0 Å². The Morgan fingerprint density at radius 2 is 1.93 bits per heavy atom. The fraction of sp³-hybridized carbons (Fsp3) is 0.909. The average molecular weight is 216 g/mol. The van der Waals surface area contributed by atoms with Gasteiger partial charge in [-0.1, -0.05) is 6.92 Å². The van der Waals surface area contributed by atoms with Gasteiger partial charge in [-0.25, -0.2) is 0 Å². The van der Waals surface area contributed by atoms with Gasteiger partial charge in [0.1, 0.15) is 0 Å². The number of rotatable bonds is 6. The summed E-state index contributed by atoms with van der Waals surface area (Å²) < 4.78 is 0. The molecule has 2 atom stereocenters. The third kappa shape index (κ3) is 5.14. The third-order valence-corrected chi connectivity index (χ3v) is 2.58. The lowest BCUT2D eigenvalue weighted by atomic mass is 9.97. The standard InChI is InChI=1S/C11H24N2O2/c1-6-7-12-10(15)8(2)13-11(4,5)9(3)14/h8-9,13-14H,6-7H2,1-5H3,(H,12,15). The molecule has 15 heavy (non-hydrogen) atoms. The lowest BCUT2D eigenvalue weighted by Crippen LogP contribution is -2.56. The van der Waals surface area contributed by atoms with E-state index in [0.29, 0.717) is 6.54 Å². The molecule has 0 radical (unpaired) electrons. The Bertz CT molecular complexity index is 203. The molecular formula is C11H24N2O2. The predicted octanol–water partition coefficient (Wildman–Crippen LogP) is 0.650. The smallest absolute Gasteiger partial charge is 0.236 e. The Morgan fingerprint density at radius 3 is 2.33 bits per heavy atom. The van der Waals surface area contributed by atoms with Crippen molar-refractivity contribution in [1.29, 1.82) is 0 Å². The van der Waals surface area contributed by atoms with Gasteiger partial charge in [0.25, 0.3) is 0 Å². The highest BCUT2D eigenvalue weighted by Crippen LogP contribution is 2.09. The maximum atomic E-state index is 11.5. The van der Waals surface area contributed by atoms with E-state index in [9.17, 15) is 9.90 Å². The predicted molar refractivity (Wildman–Crippen MR) is 61.7 cm³/mol. The quantitative estimate of drug-likeness (QED) is 0.611. The zero-order valence-corrected chi connectivity index (χ0v) is 10.4. The first kappa shape index (κ1) is 14.4. The number of aliphatic hydroxyl groups excluding tert-OH is 1. The van der Waals surface area contributed by atoms with Crippen LogP contribution < -0.4 is 10.6 Å². The second-order valence-corrected chi connectivity index (χ2v) is 4.55. The van der Waals surface area contributed by atoms with Crippen LogP contribution in [0.25, 0.3) is 0 Å². The van der Waals surface area contributed by atoms with Crippen molar-refractivity contribution in [2.75, 3.05) is 6.54 Å². The van der Waals surface area contributed by atoms with Gasteiger partial charge in [0.05, 0.1) is 12.1 Å². The lowest BCUT2D eigenvalue weighted by Gasteiger charge is -2.32. The molecule has 90 valence electrons. The van der Waals surface area contributed by atoms with Crippen LogP contribution in [0.2, 0.25) is 0 Å². The highest BCUT2D eigenvalue weighted by Gasteiger charge is 2.27. The fourth-order valence-electron chi connectivity index (χ4n) is 1.15. The molecule has 0 aromatic rings. The van der Waals surface area contributed by atoms with E-state index in [2.05, 4.69) is 10.6 Å². The molecule has 0 aliphatic carbocycles. The summed E-state index contributed by atoms with van der Waals surface area (Å²) in [5, 5.41) is 15.4. The molecule has 0 aromatic carbocycles. The van der Waals surface area contributed by atoms with Crippen LogP contribution in [-0.2, 0) is 4.79 Å². The summed E-state index contributed by atoms with van der Waals surface area (Å²) in [7, 11) is 0. The number of aliphatic hydroxyl groups is 1. The number of amides is 1. The van der Waals surface area contributed by atoms with Gasteiger partial charge in [0.15, 0.2) is 0 Å². The van der Waals surface area contributed by atoms with E-state index in [1.165, 1.54) is 0 Å². The number of carbonyl (C=O) groups is 1. The van der Waals surface area contributed by atoms with Crippen molar-refractivity contribution in [1.82, 2.24) is 10.6 Å². The first-order valence-corrected chi connectivity index (χ1v) is 5.54. The molecule has 0 fully saturated rings. The van der Waals surface area contributed by atoms with Gasteiger partial charge in [0.2, 0.25) is 5.91 Å². The van der Waals surface area contributed by atoms with E-state index in [1.54, 1.807) is 13.8 Å². The lowest BCUT2D eigenvalue weighted by molar-refractivity contribution is -0.123. The molecule has 2 unspecified atom stereocenters. The molecule has 0 saturated carbocycles. The fourth-order valence-corrected chi connectivity index (χ4v) is 1.15. The molecular weight excluding hydrogens is 192 g/mol. The maximum Gasteiger partial charge on any atom is 0.236 e. The van der Waals surface area contributed by atoms with Crippen molar-refractivity contribution in [2.24, 2.45) is 0 Å². The number of hydrogen-bond acceptors (Lipinski definition) is 3. The Morgan fingerprint density at radius 1 is 1.40 bits per heavy atom. The van der Waals surface area contributed by atoms with Crippen LogP contribution in [0.1, 0.15) is 41.0 Å². The van der Waals surface area contributed by atoms with Crippen molar-refractivity contribution in [2.45, 2.75) is 58.7 Å². The largest absolute Gasteiger partial charge is 0.392 e. The molecule has 0 aliphatic heterocycles. The number of nitrogens with one attached hydrogen (secondary N) is 2. The van der Waals surface area contributed by atoms with Crippen LogP contribution in [0.15, 0.2) is 0 Å². The highest BCUT2D eigenvalue weighted by atomic mass is 16.3. The molecule has 0 rings (SSSR count). The Hall–Kier alpha value is -0.610. The average Bonchev–Trinajstić information content (AvgIpc) is 2.13. The van der Waals surface area contributed by atoms with E-state index >= 15 is 0 Å². The second-order valence-electron chi connectivity index (χ2n) is 4.55. The van der Waals surface area contributed by atoms with Crippen molar-refractivity contribution in [3.8, 4) is 0 Å². The van der Waals surface area contributed by atoms with Gasteiger partial charge < -0.3 is 10.4 Å². The van der Waals surface area contributed by atoms with Crippen LogP contribution in [0.5, 0.6) is 0 Å². The normalized spacial score (nSPS) is 15.9. The van der Waals surface area contributed by atoms with E-state index in [4.69, 9.17) is 0 Å². The summed E-state index contributed by atoms with van der Waals surface area (Å²) in [6.07, 6.45) is 0.428. The van der Waals surface area contributed by atoms with Gasteiger partial charge in [-0.15, -0.1) is 0 Å². The minimum Gasteiger partial charge on any atom is -0.392 e. The first-order valence-electron chi connectivity index (χ1n) is 5.54. The molecule has 0 saturated heterocycles. The monoisotopic (exact) mass is 216 g/mol. The molecule has 4 nitrogen and oxygen atoms in total. The summed E-state index contributed by atoms with van der Waals surface area (Å²) >= 11 is 0. The number of carbonyl (C=O) groups excluding carboxylic acids is 1. The Labute approximate surface area is 92.4 Å². The van der Waals surface area contributed by atoms with E-state index in [-0.39, 0.29) is 11.9 Å². The molecule has 0 bridgehead atoms. The summed E-state index contributed by atoms with van der Waals surface area (Å²) in [6, 6.07) is -0.291. The van der Waals surface area contributed by atoms with Gasteiger partial charge in [-0.3, -0.25) is 10.1 Å². The van der Waals surface area contributed by atoms with Crippen LogP contribution in [0, 0.1) is 0 Å². The Balaban J connectivity index is 4.12. The van der Waals surface area contributed by atoms with Crippen LogP contribution in [0.4, 0.5) is 0 Å². The van der Waals surface area contributed by atoms with Crippen molar-refractivity contribution in [3.63, 3.8) is 0 Å². The third-order valence-electron chi connectivity index (χ3n) is 2.58. The summed E-state index contributed by atoms with van der Waals surface area (Å²) in [5.41, 5.74) is -0.455. The molecule has 0 aliphatic rings. The van der Waals surface area contributed by atoms with Gasteiger partial charge in [-0.05, 0) is 34.1 Å². The summed E-state index contributed by atoms with van der Waals surface area (Å²) in [4.78, 5) is 11.5. The maximum absolute atomic E-state index is 11.5. The van der Waals surface area contributed by atoms with E-state index in [0.717, 1.165) is 6.42 Å². The first-order chi connectivity index (χ1) is 6.81. The topological polar surface area (TPSA) is 61.4 Å². The van der Waals surface area contributed by atoms with Gasteiger partial charge in [0, 0.05) is 12.1 Å². The molecule has 3 N–H and O–H groups in total. The minimum atomic E-state index is -0.501. The van der Waals surface area contributed by atoms with Gasteiger partial charge >= 0.3 is 0 Å². The molecule has 0 aromatic heterocycles. The van der Waals surface area contributed by atoms with Crippen molar-refractivity contribution >= 4 is 5.91 Å².